The Kier molecular flexibility index (Phi) is 5.85. The highest BCUT2D eigenvalue weighted by Crippen LogP contribution is 2.27. The lowest BCUT2D eigenvalue weighted by Gasteiger charge is -2.19. The Balaban J connectivity index is 2.32. The molecule has 0 amide bonds. The van der Waals surface area contributed by atoms with Crippen molar-refractivity contribution in [2.24, 2.45) is 0 Å². The molecule has 1 aromatic carbocycles. The van der Waals surface area contributed by atoms with Gasteiger partial charge in [0.05, 0.1) is 15.9 Å². The van der Waals surface area contributed by atoms with Crippen LogP contribution in [-0.4, -0.2) is 16.3 Å². The monoisotopic (exact) mass is 369 g/mol. The maximum Gasteiger partial charge on any atom is 0.0738 e. The van der Waals surface area contributed by atoms with Gasteiger partial charge in [-0.15, -0.1) is 0 Å². The Labute approximate surface area is 139 Å². The number of aryl methyl sites for hydroxylation is 2. The highest BCUT2D eigenvalue weighted by molar-refractivity contribution is 9.10. The number of likely N-dealkylation sites (N-methyl/N-ethyl adjacent to an activating group) is 1. The number of hydrogen-bond donors (Lipinski definition) is 1. The summed E-state index contributed by atoms with van der Waals surface area (Å²) in [4.78, 5) is 0. The van der Waals surface area contributed by atoms with Crippen molar-refractivity contribution in [1.29, 1.82) is 0 Å². The summed E-state index contributed by atoms with van der Waals surface area (Å²) in [6.07, 6.45) is 0.878. The summed E-state index contributed by atoms with van der Waals surface area (Å²) in [5, 5.41) is 8.88. The fourth-order valence-electron chi connectivity index (χ4n) is 2.53. The highest BCUT2D eigenvalue weighted by atomic mass is 79.9. The molecule has 0 radical (unpaired) electrons. The number of benzene rings is 1. The summed E-state index contributed by atoms with van der Waals surface area (Å²) in [7, 11) is 0. The van der Waals surface area contributed by atoms with E-state index in [1.807, 2.05) is 25.1 Å². The maximum atomic E-state index is 6.13. The number of hydrogen-bond acceptors (Lipinski definition) is 2. The average Bonchev–Trinajstić information content (AvgIpc) is 2.74. The molecule has 1 N–H and O–H groups in total. The van der Waals surface area contributed by atoms with Crippen molar-refractivity contribution < 1.29 is 0 Å². The number of rotatable bonds is 6. The fourth-order valence-corrected chi connectivity index (χ4v) is 3.18. The average molecular weight is 371 g/mol. The lowest BCUT2D eigenvalue weighted by molar-refractivity contribution is 0.515. The zero-order valence-electron chi connectivity index (χ0n) is 12.7. The van der Waals surface area contributed by atoms with Gasteiger partial charge in [-0.25, -0.2) is 0 Å². The van der Waals surface area contributed by atoms with Crippen LogP contribution < -0.4 is 5.32 Å². The molecule has 5 heteroatoms. The summed E-state index contributed by atoms with van der Waals surface area (Å²) in [6.45, 7) is 8.05. The minimum absolute atomic E-state index is 0.228. The molecule has 0 aliphatic heterocycles. The first-order chi connectivity index (χ1) is 10.1. The van der Waals surface area contributed by atoms with Crippen LogP contribution >= 0.6 is 27.5 Å². The van der Waals surface area contributed by atoms with Gasteiger partial charge in [0.1, 0.15) is 0 Å². The van der Waals surface area contributed by atoms with E-state index >= 15 is 0 Å². The summed E-state index contributed by atoms with van der Waals surface area (Å²) in [5.74, 6) is 0. The van der Waals surface area contributed by atoms with Crippen LogP contribution in [0.1, 0.15) is 36.8 Å². The van der Waals surface area contributed by atoms with Crippen LogP contribution in [0.3, 0.4) is 0 Å². The smallest absolute Gasteiger partial charge is 0.0738 e. The quantitative estimate of drug-likeness (QED) is 0.810. The Morgan fingerprint density at radius 3 is 2.76 bits per heavy atom. The zero-order valence-corrected chi connectivity index (χ0v) is 15.0. The third-order valence-electron chi connectivity index (χ3n) is 3.55. The normalized spacial score (nSPS) is 12.6. The predicted octanol–water partition coefficient (Wildman–Crippen LogP) is 4.52. The first kappa shape index (κ1) is 16.5. The lowest BCUT2D eigenvalue weighted by atomic mass is 10.0. The summed E-state index contributed by atoms with van der Waals surface area (Å²) in [6, 6.07) is 8.28. The topological polar surface area (TPSA) is 29.9 Å². The highest BCUT2D eigenvalue weighted by Gasteiger charge is 2.18. The third-order valence-corrected chi connectivity index (χ3v) is 4.82. The fraction of sp³-hybridized carbons (Fsp3) is 0.438. The van der Waals surface area contributed by atoms with Crippen LogP contribution in [-0.2, 0) is 13.0 Å². The van der Waals surface area contributed by atoms with Crippen LogP contribution in [0.5, 0.6) is 0 Å². The number of halogens is 2. The largest absolute Gasteiger partial charge is 0.310 e. The predicted molar refractivity (Wildman–Crippen MR) is 91.9 cm³/mol. The van der Waals surface area contributed by atoms with Gasteiger partial charge in [-0.05, 0) is 54.0 Å². The molecular weight excluding hydrogens is 350 g/mol. The van der Waals surface area contributed by atoms with E-state index < -0.39 is 0 Å². The van der Waals surface area contributed by atoms with Crippen LogP contribution in [0, 0.1) is 6.92 Å². The van der Waals surface area contributed by atoms with E-state index in [9.17, 15) is 0 Å². The SMILES string of the molecule is CCNC(Cc1c(Br)c(C)nn1CC)c1cccc(Cl)c1. The molecular formula is C16H21BrClN3. The van der Waals surface area contributed by atoms with Crippen molar-refractivity contribution in [3.05, 3.63) is 50.7 Å². The van der Waals surface area contributed by atoms with E-state index in [4.69, 9.17) is 11.6 Å². The number of nitrogens with zero attached hydrogens (tertiary/aromatic N) is 2. The lowest BCUT2D eigenvalue weighted by Crippen LogP contribution is -2.24. The molecule has 0 spiro atoms. The van der Waals surface area contributed by atoms with Crippen molar-refractivity contribution in [2.45, 2.75) is 39.8 Å². The summed E-state index contributed by atoms with van der Waals surface area (Å²) < 4.78 is 3.17. The van der Waals surface area contributed by atoms with Crippen molar-refractivity contribution in [3.63, 3.8) is 0 Å². The van der Waals surface area contributed by atoms with Gasteiger partial charge in [0, 0.05) is 24.0 Å². The van der Waals surface area contributed by atoms with Gasteiger partial charge in [-0.2, -0.15) is 5.10 Å². The Morgan fingerprint density at radius 1 is 1.38 bits per heavy atom. The van der Waals surface area contributed by atoms with Gasteiger partial charge in [-0.1, -0.05) is 30.7 Å². The van der Waals surface area contributed by atoms with E-state index in [0.717, 1.165) is 34.7 Å². The van der Waals surface area contributed by atoms with Gasteiger partial charge in [0.25, 0.3) is 0 Å². The molecule has 2 rings (SSSR count). The molecule has 1 aromatic heterocycles. The minimum Gasteiger partial charge on any atom is -0.310 e. The second-order valence-electron chi connectivity index (χ2n) is 5.03. The van der Waals surface area contributed by atoms with E-state index in [2.05, 4.69) is 50.9 Å². The zero-order chi connectivity index (χ0) is 15.4. The van der Waals surface area contributed by atoms with Gasteiger partial charge in [0.2, 0.25) is 0 Å². The van der Waals surface area contributed by atoms with Crippen molar-refractivity contribution in [3.8, 4) is 0 Å². The molecule has 1 unspecified atom stereocenters. The molecule has 0 aliphatic rings. The second-order valence-corrected chi connectivity index (χ2v) is 6.26. The van der Waals surface area contributed by atoms with Gasteiger partial charge in [0.15, 0.2) is 0 Å². The molecule has 0 bridgehead atoms. The van der Waals surface area contributed by atoms with E-state index in [-0.39, 0.29) is 6.04 Å². The molecule has 1 atom stereocenters. The van der Waals surface area contributed by atoms with Crippen molar-refractivity contribution in [2.75, 3.05) is 6.54 Å². The number of nitrogens with one attached hydrogen (secondary N) is 1. The van der Waals surface area contributed by atoms with E-state index in [1.54, 1.807) is 0 Å². The third kappa shape index (κ3) is 3.87. The van der Waals surface area contributed by atoms with Crippen LogP contribution in [0.4, 0.5) is 0 Å². The van der Waals surface area contributed by atoms with E-state index in [0.29, 0.717) is 0 Å². The summed E-state index contributed by atoms with van der Waals surface area (Å²) in [5.41, 5.74) is 3.46. The molecule has 0 saturated carbocycles. The molecule has 114 valence electrons. The van der Waals surface area contributed by atoms with Crippen molar-refractivity contribution in [1.82, 2.24) is 15.1 Å². The van der Waals surface area contributed by atoms with Crippen LogP contribution in [0.25, 0.3) is 0 Å². The molecule has 0 aliphatic carbocycles. The molecule has 0 fully saturated rings. The van der Waals surface area contributed by atoms with Crippen LogP contribution in [0.15, 0.2) is 28.7 Å². The van der Waals surface area contributed by atoms with E-state index in [1.165, 1.54) is 11.3 Å². The maximum absolute atomic E-state index is 6.13. The van der Waals surface area contributed by atoms with Gasteiger partial charge >= 0.3 is 0 Å². The Bertz CT molecular complexity index is 610. The molecule has 21 heavy (non-hydrogen) atoms. The van der Waals surface area contributed by atoms with Crippen molar-refractivity contribution >= 4 is 27.5 Å². The Morgan fingerprint density at radius 2 is 2.14 bits per heavy atom. The molecule has 1 heterocycles. The first-order valence-corrected chi connectivity index (χ1v) is 8.44. The van der Waals surface area contributed by atoms with Gasteiger partial charge < -0.3 is 5.32 Å². The first-order valence-electron chi connectivity index (χ1n) is 7.27. The molecule has 2 aromatic rings. The molecule has 3 nitrogen and oxygen atoms in total. The van der Waals surface area contributed by atoms with Gasteiger partial charge in [-0.3, -0.25) is 4.68 Å². The Hall–Kier alpha value is -0.840. The van der Waals surface area contributed by atoms with Crippen LogP contribution in [0.2, 0.25) is 5.02 Å². The molecule has 0 saturated heterocycles. The number of aromatic nitrogens is 2. The second kappa shape index (κ2) is 7.43. The standard InChI is InChI=1S/C16H21BrClN3/c1-4-19-14(12-7-6-8-13(18)9-12)10-15-16(17)11(3)20-21(15)5-2/h6-9,14,19H,4-5,10H2,1-3H3. The minimum atomic E-state index is 0.228. The summed E-state index contributed by atoms with van der Waals surface area (Å²) >= 11 is 9.80.